The Morgan fingerprint density at radius 3 is 2.41 bits per heavy atom. The SMILES string of the molecule is COc1ccc(C(C)C)cc1-c1ccc(C(F)(F)F)cc1CNCC(=O)[O-]. The van der Waals surface area contributed by atoms with Gasteiger partial charge in [-0.3, -0.25) is 0 Å². The summed E-state index contributed by atoms with van der Waals surface area (Å²) in [7, 11) is 1.49. The number of aliphatic carboxylic acids is 1. The van der Waals surface area contributed by atoms with Crippen LogP contribution in [0, 0.1) is 0 Å². The average Bonchev–Trinajstić information content (AvgIpc) is 2.60. The van der Waals surface area contributed by atoms with Gasteiger partial charge in [0.1, 0.15) is 5.75 Å². The Morgan fingerprint density at radius 1 is 1.15 bits per heavy atom. The molecule has 0 bridgehead atoms. The number of hydrogen-bond acceptors (Lipinski definition) is 4. The third kappa shape index (κ3) is 5.23. The van der Waals surface area contributed by atoms with Gasteiger partial charge in [-0.2, -0.15) is 13.2 Å². The molecule has 0 spiro atoms. The van der Waals surface area contributed by atoms with Gasteiger partial charge in [-0.05, 0) is 46.9 Å². The predicted octanol–water partition coefficient (Wildman–Crippen LogP) is 3.34. The molecule has 0 saturated heterocycles. The van der Waals surface area contributed by atoms with Crippen LogP contribution in [0.5, 0.6) is 5.75 Å². The molecule has 27 heavy (non-hydrogen) atoms. The van der Waals surface area contributed by atoms with Crippen LogP contribution in [0.4, 0.5) is 13.2 Å². The molecule has 0 saturated carbocycles. The van der Waals surface area contributed by atoms with Crippen molar-refractivity contribution in [2.45, 2.75) is 32.5 Å². The molecule has 0 aliphatic heterocycles. The van der Waals surface area contributed by atoms with Gasteiger partial charge in [0.2, 0.25) is 0 Å². The van der Waals surface area contributed by atoms with Crippen LogP contribution >= 0.6 is 0 Å². The van der Waals surface area contributed by atoms with Crippen molar-refractivity contribution in [3.05, 3.63) is 53.1 Å². The molecule has 7 heteroatoms. The van der Waals surface area contributed by atoms with Crippen molar-refractivity contribution >= 4 is 5.97 Å². The van der Waals surface area contributed by atoms with E-state index >= 15 is 0 Å². The minimum atomic E-state index is -4.49. The molecular formula is C20H21F3NO3-. The number of benzene rings is 2. The lowest BCUT2D eigenvalue weighted by Gasteiger charge is -2.18. The number of alkyl halides is 3. The van der Waals surface area contributed by atoms with Crippen LogP contribution < -0.4 is 15.2 Å². The summed E-state index contributed by atoms with van der Waals surface area (Å²) in [5, 5.41) is 13.2. The lowest BCUT2D eigenvalue weighted by molar-refractivity contribution is -0.304. The largest absolute Gasteiger partial charge is 0.549 e. The van der Waals surface area contributed by atoms with Gasteiger partial charge in [0, 0.05) is 18.7 Å². The van der Waals surface area contributed by atoms with Crippen LogP contribution in [0.25, 0.3) is 11.1 Å². The predicted molar refractivity (Wildman–Crippen MR) is 94.2 cm³/mol. The number of rotatable bonds is 7. The number of carboxylic acid groups (broad SMARTS) is 1. The van der Waals surface area contributed by atoms with Gasteiger partial charge >= 0.3 is 6.18 Å². The number of hydrogen-bond donors (Lipinski definition) is 1. The van der Waals surface area contributed by atoms with Gasteiger partial charge in [-0.25, -0.2) is 0 Å². The van der Waals surface area contributed by atoms with Gasteiger partial charge in [-0.1, -0.05) is 26.0 Å². The van der Waals surface area contributed by atoms with E-state index in [1.54, 1.807) is 6.07 Å². The first kappa shape index (κ1) is 20.8. The van der Waals surface area contributed by atoms with Gasteiger partial charge in [0.05, 0.1) is 18.6 Å². The number of carbonyl (C=O) groups excluding carboxylic acids is 1. The zero-order chi connectivity index (χ0) is 20.2. The molecular weight excluding hydrogens is 359 g/mol. The zero-order valence-corrected chi connectivity index (χ0v) is 15.3. The molecule has 2 aromatic carbocycles. The Bertz CT molecular complexity index is 817. The number of carboxylic acids is 1. The monoisotopic (exact) mass is 380 g/mol. The smallest absolute Gasteiger partial charge is 0.416 e. The number of carbonyl (C=O) groups is 1. The number of halogens is 3. The first-order valence-corrected chi connectivity index (χ1v) is 8.42. The lowest BCUT2D eigenvalue weighted by atomic mass is 9.92. The van der Waals surface area contributed by atoms with E-state index in [1.165, 1.54) is 13.2 Å². The van der Waals surface area contributed by atoms with E-state index in [-0.39, 0.29) is 12.5 Å². The molecule has 1 N–H and O–H groups in total. The van der Waals surface area contributed by atoms with Crippen molar-refractivity contribution in [3.63, 3.8) is 0 Å². The molecule has 0 unspecified atom stereocenters. The molecule has 2 rings (SSSR count). The fourth-order valence-corrected chi connectivity index (χ4v) is 2.77. The third-order valence-electron chi connectivity index (χ3n) is 4.20. The van der Waals surface area contributed by atoms with Crippen molar-refractivity contribution < 1.29 is 27.8 Å². The Hall–Kier alpha value is -2.54. The molecule has 0 aromatic heterocycles. The maximum absolute atomic E-state index is 13.1. The lowest BCUT2D eigenvalue weighted by Crippen LogP contribution is -2.34. The minimum Gasteiger partial charge on any atom is -0.549 e. The second-order valence-electron chi connectivity index (χ2n) is 6.46. The molecule has 0 radical (unpaired) electrons. The van der Waals surface area contributed by atoms with E-state index in [4.69, 9.17) is 4.74 Å². The number of methoxy groups -OCH3 is 1. The van der Waals surface area contributed by atoms with E-state index in [2.05, 4.69) is 5.32 Å². The van der Waals surface area contributed by atoms with E-state index in [0.29, 0.717) is 22.4 Å². The van der Waals surface area contributed by atoms with Gasteiger partial charge < -0.3 is 20.0 Å². The zero-order valence-electron chi connectivity index (χ0n) is 15.3. The molecule has 2 aromatic rings. The van der Waals surface area contributed by atoms with Crippen LogP contribution in [0.3, 0.4) is 0 Å². The summed E-state index contributed by atoms with van der Waals surface area (Å²) < 4.78 is 44.7. The molecule has 0 atom stereocenters. The molecule has 4 nitrogen and oxygen atoms in total. The Kier molecular flexibility index (Phi) is 6.49. The van der Waals surface area contributed by atoms with Crippen molar-refractivity contribution in [1.29, 1.82) is 0 Å². The Morgan fingerprint density at radius 2 is 1.85 bits per heavy atom. The molecule has 0 heterocycles. The number of nitrogens with one attached hydrogen (secondary N) is 1. The summed E-state index contributed by atoms with van der Waals surface area (Å²) in [6, 6.07) is 9.00. The highest BCUT2D eigenvalue weighted by molar-refractivity contribution is 5.75. The van der Waals surface area contributed by atoms with Crippen LogP contribution in [-0.2, 0) is 17.5 Å². The second-order valence-corrected chi connectivity index (χ2v) is 6.46. The highest BCUT2D eigenvalue weighted by Crippen LogP contribution is 2.38. The van der Waals surface area contributed by atoms with E-state index in [1.807, 2.05) is 26.0 Å². The molecule has 0 amide bonds. The number of ether oxygens (including phenoxy) is 1. The second kappa shape index (κ2) is 8.43. The highest BCUT2D eigenvalue weighted by atomic mass is 19.4. The molecule has 0 fully saturated rings. The maximum Gasteiger partial charge on any atom is 0.416 e. The first-order valence-electron chi connectivity index (χ1n) is 8.42. The highest BCUT2D eigenvalue weighted by Gasteiger charge is 2.31. The van der Waals surface area contributed by atoms with Crippen LogP contribution in [0.2, 0.25) is 0 Å². The summed E-state index contributed by atoms with van der Waals surface area (Å²) in [4.78, 5) is 10.6. The van der Waals surface area contributed by atoms with Crippen LogP contribution in [0.1, 0.15) is 36.5 Å². The van der Waals surface area contributed by atoms with Gasteiger partial charge in [-0.15, -0.1) is 0 Å². The van der Waals surface area contributed by atoms with Gasteiger partial charge in [0.15, 0.2) is 0 Å². The topological polar surface area (TPSA) is 61.4 Å². The van der Waals surface area contributed by atoms with Crippen LogP contribution in [0.15, 0.2) is 36.4 Å². The van der Waals surface area contributed by atoms with Crippen LogP contribution in [-0.4, -0.2) is 19.6 Å². The fourth-order valence-electron chi connectivity index (χ4n) is 2.77. The van der Waals surface area contributed by atoms with Gasteiger partial charge in [0.25, 0.3) is 0 Å². The van der Waals surface area contributed by atoms with Crippen molar-refractivity contribution in [2.24, 2.45) is 0 Å². The normalized spacial score (nSPS) is 11.7. The van der Waals surface area contributed by atoms with E-state index in [9.17, 15) is 23.1 Å². The summed E-state index contributed by atoms with van der Waals surface area (Å²) in [5.74, 6) is -0.577. The standard InChI is InChI=1S/C20H22F3NO3/c1-12(2)13-4-7-18(27-3)17(9-13)16-6-5-15(20(21,22)23)8-14(16)10-24-11-19(25)26/h4-9,12,24H,10-11H2,1-3H3,(H,25,26)/p-1. The first-order chi connectivity index (χ1) is 12.6. The summed E-state index contributed by atoms with van der Waals surface area (Å²) >= 11 is 0. The molecule has 146 valence electrons. The minimum absolute atomic E-state index is 0.0533. The Labute approximate surface area is 156 Å². The summed E-state index contributed by atoms with van der Waals surface area (Å²) in [5.41, 5.74) is 1.75. The molecule has 0 aliphatic carbocycles. The Balaban J connectivity index is 2.57. The van der Waals surface area contributed by atoms with Crippen molar-refractivity contribution in [3.8, 4) is 16.9 Å². The fraction of sp³-hybridized carbons (Fsp3) is 0.350. The quantitative estimate of drug-likeness (QED) is 0.800. The van der Waals surface area contributed by atoms with E-state index < -0.39 is 24.3 Å². The van der Waals surface area contributed by atoms with E-state index in [0.717, 1.165) is 17.7 Å². The average molecular weight is 380 g/mol. The summed E-state index contributed by atoms with van der Waals surface area (Å²) in [6.07, 6.45) is -4.49. The maximum atomic E-state index is 13.1. The van der Waals surface area contributed by atoms with Crippen molar-refractivity contribution in [1.82, 2.24) is 5.32 Å². The van der Waals surface area contributed by atoms with Crippen molar-refractivity contribution in [2.75, 3.05) is 13.7 Å². The summed E-state index contributed by atoms with van der Waals surface area (Å²) in [6.45, 7) is 3.52. The molecule has 0 aliphatic rings. The third-order valence-corrected chi connectivity index (χ3v) is 4.20.